The maximum Gasteiger partial charge on any atom is 0.234 e. The van der Waals surface area contributed by atoms with Crippen LogP contribution in [0.4, 0.5) is 10.1 Å². The van der Waals surface area contributed by atoms with E-state index in [2.05, 4.69) is 53.6 Å². The van der Waals surface area contributed by atoms with Gasteiger partial charge in [-0.3, -0.25) is 9.36 Å². The molecule has 0 bridgehead atoms. The van der Waals surface area contributed by atoms with Crippen molar-refractivity contribution in [3.8, 4) is 5.69 Å². The average Bonchev–Trinajstić information content (AvgIpc) is 3.19. The van der Waals surface area contributed by atoms with Crippen molar-refractivity contribution < 1.29 is 9.18 Å². The van der Waals surface area contributed by atoms with E-state index in [1.54, 1.807) is 0 Å². The van der Waals surface area contributed by atoms with Crippen LogP contribution in [-0.2, 0) is 11.2 Å². The number of anilines is 1. The Morgan fingerprint density at radius 1 is 0.969 bits per heavy atom. The van der Waals surface area contributed by atoms with E-state index < -0.39 is 0 Å². The first-order chi connectivity index (χ1) is 15.5. The third kappa shape index (κ3) is 5.23. The highest BCUT2D eigenvalue weighted by Crippen LogP contribution is 2.25. The second-order valence-corrected chi connectivity index (χ2v) is 8.45. The summed E-state index contributed by atoms with van der Waals surface area (Å²) in [6, 6.07) is 22.0. The van der Waals surface area contributed by atoms with Crippen molar-refractivity contribution >= 4 is 23.4 Å². The fourth-order valence-electron chi connectivity index (χ4n) is 3.27. The lowest BCUT2D eigenvalue weighted by Crippen LogP contribution is -2.14. The Balaban J connectivity index is 1.57. The van der Waals surface area contributed by atoms with Gasteiger partial charge >= 0.3 is 0 Å². The molecule has 1 amide bonds. The second kappa shape index (κ2) is 9.78. The van der Waals surface area contributed by atoms with Gasteiger partial charge < -0.3 is 5.32 Å². The summed E-state index contributed by atoms with van der Waals surface area (Å²) in [7, 11) is 0. The summed E-state index contributed by atoms with van der Waals surface area (Å²) in [5.41, 5.74) is 5.03. The number of thioether (sulfide) groups is 1. The Hall–Kier alpha value is -3.45. The number of amides is 1. The molecule has 32 heavy (non-hydrogen) atoms. The Morgan fingerprint density at radius 3 is 2.44 bits per heavy atom. The molecular weight excluding hydrogens is 423 g/mol. The number of hydrogen-bond acceptors (Lipinski definition) is 4. The molecule has 0 spiro atoms. The van der Waals surface area contributed by atoms with Crippen LogP contribution < -0.4 is 5.32 Å². The van der Waals surface area contributed by atoms with E-state index in [9.17, 15) is 9.18 Å². The quantitative estimate of drug-likeness (QED) is 0.389. The van der Waals surface area contributed by atoms with Gasteiger partial charge in [0.1, 0.15) is 11.6 Å². The third-order valence-corrected chi connectivity index (χ3v) is 6.04. The van der Waals surface area contributed by atoms with Crippen molar-refractivity contribution in [1.82, 2.24) is 14.8 Å². The maximum atomic E-state index is 13.1. The van der Waals surface area contributed by atoms with E-state index in [1.165, 1.54) is 47.2 Å². The Bertz CT molecular complexity index is 1220. The molecule has 162 valence electrons. The highest BCUT2D eigenvalue weighted by atomic mass is 32.2. The van der Waals surface area contributed by atoms with Crippen LogP contribution in [0.2, 0.25) is 0 Å². The molecule has 1 aromatic heterocycles. The number of nitrogens with zero attached hydrogens (tertiary/aromatic N) is 3. The SMILES string of the molecule is Cc1ccc(-n2c(Cc3ccccc3)nnc2SCC(=O)Nc2ccc(F)cc2)cc1C. The maximum absolute atomic E-state index is 13.1. The van der Waals surface area contributed by atoms with Crippen molar-refractivity contribution in [2.45, 2.75) is 25.4 Å². The summed E-state index contributed by atoms with van der Waals surface area (Å²) < 4.78 is 15.1. The molecule has 0 saturated carbocycles. The molecule has 5 nitrogen and oxygen atoms in total. The van der Waals surface area contributed by atoms with Crippen molar-refractivity contribution in [1.29, 1.82) is 0 Å². The first-order valence-corrected chi connectivity index (χ1v) is 11.2. The van der Waals surface area contributed by atoms with Gasteiger partial charge in [-0.1, -0.05) is 48.2 Å². The van der Waals surface area contributed by atoms with Gasteiger partial charge in [-0.05, 0) is 66.9 Å². The van der Waals surface area contributed by atoms with Crippen molar-refractivity contribution in [2.24, 2.45) is 0 Å². The lowest BCUT2D eigenvalue weighted by molar-refractivity contribution is -0.113. The molecule has 1 N–H and O–H groups in total. The number of benzene rings is 3. The Kier molecular flexibility index (Phi) is 6.66. The van der Waals surface area contributed by atoms with Crippen LogP contribution in [0.1, 0.15) is 22.5 Å². The van der Waals surface area contributed by atoms with Crippen LogP contribution in [0.15, 0.2) is 78.0 Å². The molecule has 3 aromatic carbocycles. The first kappa shape index (κ1) is 21.8. The number of carbonyl (C=O) groups is 1. The molecule has 0 aliphatic carbocycles. The summed E-state index contributed by atoms with van der Waals surface area (Å²) in [6.45, 7) is 4.15. The zero-order chi connectivity index (χ0) is 22.5. The summed E-state index contributed by atoms with van der Waals surface area (Å²) in [5.74, 6) is 0.428. The minimum atomic E-state index is -0.343. The van der Waals surface area contributed by atoms with Crippen LogP contribution in [0.25, 0.3) is 5.69 Å². The van der Waals surface area contributed by atoms with Gasteiger partial charge in [0.15, 0.2) is 5.16 Å². The van der Waals surface area contributed by atoms with Gasteiger partial charge in [-0.15, -0.1) is 10.2 Å². The fraction of sp³-hybridized carbons (Fsp3) is 0.160. The predicted octanol–water partition coefficient (Wildman–Crippen LogP) is 5.34. The van der Waals surface area contributed by atoms with Crippen molar-refractivity contribution in [3.05, 3.63) is 101 Å². The standard InChI is InChI=1S/C25H23FN4OS/c1-17-8-13-22(14-18(17)2)30-23(15-19-6-4-3-5-7-19)28-29-25(30)32-16-24(31)27-21-11-9-20(26)10-12-21/h3-14H,15-16H2,1-2H3,(H,27,31). The number of carbonyl (C=O) groups excluding carboxylic acids is 1. The first-order valence-electron chi connectivity index (χ1n) is 10.2. The van der Waals surface area contributed by atoms with Gasteiger partial charge in [0.25, 0.3) is 0 Å². The minimum Gasteiger partial charge on any atom is -0.325 e. The Morgan fingerprint density at radius 2 is 1.72 bits per heavy atom. The smallest absolute Gasteiger partial charge is 0.234 e. The molecule has 4 rings (SSSR count). The van der Waals surface area contributed by atoms with E-state index in [0.717, 1.165) is 17.1 Å². The van der Waals surface area contributed by atoms with E-state index in [0.29, 0.717) is 17.3 Å². The van der Waals surface area contributed by atoms with Gasteiger partial charge in [0.2, 0.25) is 5.91 Å². The number of rotatable bonds is 7. The Labute approximate surface area is 190 Å². The number of aromatic nitrogens is 3. The molecule has 0 aliphatic heterocycles. The monoisotopic (exact) mass is 446 g/mol. The summed E-state index contributed by atoms with van der Waals surface area (Å²) >= 11 is 1.32. The summed E-state index contributed by atoms with van der Waals surface area (Å²) in [5, 5.41) is 12.2. The zero-order valence-corrected chi connectivity index (χ0v) is 18.7. The third-order valence-electron chi connectivity index (χ3n) is 5.11. The molecular formula is C25H23FN4OS. The fourth-order valence-corrected chi connectivity index (χ4v) is 4.04. The topological polar surface area (TPSA) is 59.8 Å². The normalized spacial score (nSPS) is 10.8. The zero-order valence-electron chi connectivity index (χ0n) is 17.9. The molecule has 0 aliphatic rings. The van der Waals surface area contributed by atoms with E-state index >= 15 is 0 Å². The summed E-state index contributed by atoms with van der Waals surface area (Å²) in [4.78, 5) is 12.4. The molecule has 0 unspecified atom stereocenters. The van der Waals surface area contributed by atoms with Gasteiger partial charge in [0, 0.05) is 17.8 Å². The van der Waals surface area contributed by atoms with E-state index in [1.807, 2.05) is 28.8 Å². The molecule has 0 radical (unpaired) electrons. The number of halogens is 1. The average molecular weight is 447 g/mol. The molecule has 4 aromatic rings. The van der Waals surface area contributed by atoms with Gasteiger partial charge in [-0.2, -0.15) is 0 Å². The highest BCUT2D eigenvalue weighted by molar-refractivity contribution is 7.99. The lowest BCUT2D eigenvalue weighted by Gasteiger charge is -2.12. The highest BCUT2D eigenvalue weighted by Gasteiger charge is 2.17. The van der Waals surface area contributed by atoms with Crippen LogP contribution in [0, 0.1) is 19.7 Å². The number of hydrogen-bond donors (Lipinski definition) is 1. The predicted molar refractivity (Wildman–Crippen MR) is 126 cm³/mol. The molecule has 0 saturated heterocycles. The van der Waals surface area contributed by atoms with Crippen LogP contribution in [0.3, 0.4) is 0 Å². The van der Waals surface area contributed by atoms with E-state index in [-0.39, 0.29) is 17.5 Å². The number of aryl methyl sites for hydroxylation is 2. The van der Waals surface area contributed by atoms with Gasteiger partial charge in [-0.25, -0.2) is 4.39 Å². The minimum absolute atomic E-state index is 0.158. The second-order valence-electron chi connectivity index (χ2n) is 7.51. The van der Waals surface area contributed by atoms with Crippen LogP contribution >= 0.6 is 11.8 Å². The van der Waals surface area contributed by atoms with Crippen LogP contribution in [-0.4, -0.2) is 26.4 Å². The molecule has 0 fully saturated rings. The van der Waals surface area contributed by atoms with E-state index in [4.69, 9.17) is 0 Å². The molecule has 7 heteroatoms. The van der Waals surface area contributed by atoms with Crippen LogP contribution in [0.5, 0.6) is 0 Å². The largest absolute Gasteiger partial charge is 0.325 e. The number of nitrogens with one attached hydrogen (secondary N) is 1. The lowest BCUT2D eigenvalue weighted by atomic mass is 10.1. The summed E-state index contributed by atoms with van der Waals surface area (Å²) in [6.07, 6.45) is 0.628. The van der Waals surface area contributed by atoms with Crippen molar-refractivity contribution in [3.63, 3.8) is 0 Å². The molecule has 0 atom stereocenters. The molecule has 1 heterocycles. The van der Waals surface area contributed by atoms with Crippen molar-refractivity contribution in [2.75, 3.05) is 11.1 Å². The van der Waals surface area contributed by atoms with Gasteiger partial charge in [0.05, 0.1) is 5.75 Å².